The number of carbonyl (C=O) groups excluding carboxylic acids is 2. The molecule has 0 spiro atoms. The number of morpholine rings is 1. The summed E-state index contributed by atoms with van der Waals surface area (Å²) in [5.74, 6) is -0.385. The van der Waals surface area contributed by atoms with Gasteiger partial charge in [0.2, 0.25) is 5.91 Å². The van der Waals surface area contributed by atoms with Crippen LogP contribution < -0.4 is 5.32 Å². The number of nitrogens with one attached hydrogen (secondary N) is 1. The number of hydrogen-bond acceptors (Lipinski definition) is 7. The molecule has 3 heterocycles. The van der Waals surface area contributed by atoms with Gasteiger partial charge in [0, 0.05) is 16.7 Å². The van der Waals surface area contributed by atoms with E-state index in [1.54, 1.807) is 32.0 Å². The lowest BCUT2D eigenvalue weighted by molar-refractivity contribution is -0.146. The van der Waals surface area contributed by atoms with Crippen LogP contribution in [0.2, 0.25) is 5.02 Å². The van der Waals surface area contributed by atoms with Crippen LogP contribution in [0.25, 0.3) is 11.3 Å². The summed E-state index contributed by atoms with van der Waals surface area (Å²) < 4.78 is 10.9. The fourth-order valence-corrected chi connectivity index (χ4v) is 3.58. The van der Waals surface area contributed by atoms with Crippen molar-refractivity contribution >= 4 is 29.3 Å². The molecule has 2 aliphatic heterocycles. The highest BCUT2D eigenvalue weighted by atomic mass is 35.5. The van der Waals surface area contributed by atoms with Gasteiger partial charge in [0.1, 0.15) is 17.1 Å². The minimum atomic E-state index is -1.55. The molecule has 2 unspecified atom stereocenters. The van der Waals surface area contributed by atoms with Crippen LogP contribution in [0.3, 0.4) is 0 Å². The van der Waals surface area contributed by atoms with Gasteiger partial charge >= 0.3 is 0 Å². The van der Waals surface area contributed by atoms with E-state index >= 15 is 0 Å². The molecule has 2 aliphatic rings. The van der Waals surface area contributed by atoms with E-state index in [0.717, 1.165) is 5.56 Å². The van der Waals surface area contributed by atoms with Gasteiger partial charge in [-0.15, -0.1) is 0 Å². The van der Waals surface area contributed by atoms with Crippen molar-refractivity contribution in [2.75, 3.05) is 13.2 Å². The standard InChI is InChI=1S/C20H21ClN4O5/c1-20(2)19-23-15(16(26)18(28)25(19)7-8-29-20)17(27)22-10-13-9-14(24-30-13)11-3-5-12(21)6-4-11/h3-6,9,15-16,26H,7-8,10H2,1-2H3,(H,22,27). The van der Waals surface area contributed by atoms with Crippen LogP contribution in [0.5, 0.6) is 0 Å². The summed E-state index contributed by atoms with van der Waals surface area (Å²) in [5.41, 5.74) is 0.589. The number of halogens is 1. The second-order valence-electron chi connectivity index (χ2n) is 7.59. The fraction of sp³-hybridized carbons (Fsp3) is 0.400. The Kier molecular flexibility index (Phi) is 5.35. The van der Waals surface area contributed by atoms with Gasteiger partial charge < -0.3 is 19.7 Å². The molecule has 4 rings (SSSR count). The van der Waals surface area contributed by atoms with Gasteiger partial charge in [0.25, 0.3) is 5.91 Å². The molecule has 10 heteroatoms. The zero-order chi connectivity index (χ0) is 21.5. The van der Waals surface area contributed by atoms with E-state index in [1.165, 1.54) is 4.90 Å². The number of aromatic nitrogens is 1. The molecular weight excluding hydrogens is 412 g/mol. The smallest absolute Gasteiger partial charge is 0.259 e. The Hall–Kier alpha value is -2.75. The van der Waals surface area contributed by atoms with Crippen molar-refractivity contribution in [2.24, 2.45) is 4.99 Å². The van der Waals surface area contributed by atoms with Gasteiger partial charge in [-0.25, -0.2) is 0 Å². The number of ether oxygens (including phenoxy) is 1. The highest BCUT2D eigenvalue weighted by Gasteiger charge is 2.47. The number of rotatable bonds is 4. The molecule has 158 valence electrons. The number of amidine groups is 1. The first-order chi connectivity index (χ1) is 14.3. The maximum absolute atomic E-state index is 12.7. The quantitative estimate of drug-likeness (QED) is 0.754. The number of nitrogens with zero attached hydrogens (tertiary/aromatic N) is 3. The highest BCUT2D eigenvalue weighted by Crippen LogP contribution is 2.26. The number of aliphatic hydroxyl groups excluding tert-OH is 1. The predicted octanol–water partition coefficient (Wildman–Crippen LogP) is 1.39. The monoisotopic (exact) mass is 432 g/mol. The topological polar surface area (TPSA) is 117 Å². The van der Waals surface area contributed by atoms with Crippen molar-refractivity contribution in [1.82, 2.24) is 15.4 Å². The lowest BCUT2D eigenvalue weighted by atomic mass is 9.99. The summed E-state index contributed by atoms with van der Waals surface area (Å²) in [6.45, 7) is 4.20. The van der Waals surface area contributed by atoms with Crippen molar-refractivity contribution < 1.29 is 24.0 Å². The predicted molar refractivity (Wildman–Crippen MR) is 108 cm³/mol. The maximum atomic E-state index is 12.7. The first-order valence-electron chi connectivity index (χ1n) is 9.47. The Balaban J connectivity index is 1.46. The van der Waals surface area contributed by atoms with Crippen molar-refractivity contribution in [1.29, 1.82) is 0 Å². The van der Waals surface area contributed by atoms with Crippen molar-refractivity contribution in [3.8, 4) is 11.3 Å². The number of carbonyl (C=O) groups is 2. The van der Waals surface area contributed by atoms with Crippen molar-refractivity contribution in [3.05, 3.63) is 41.1 Å². The summed E-state index contributed by atoms with van der Waals surface area (Å²) in [6, 6.07) is 7.53. The zero-order valence-electron chi connectivity index (χ0n) is 16.5. The van der Waals surface area contributed by atoms with Crippen LogP contribution in [0.15, 0.2) is 39.8 Å². The van der Waals surface area contributed by atoms with E-state index in [9.17, 15) is 14.7 Å². The highest BCUT2D eigenvalue weighted by molar-refractivity contribution is 6.30. The lowest BCUT2D eigenvalue weighted by Gasteiger charge is -2.43. The van der Waals surface area contributed by atoms with Crippen LogP contribution in [0.1, 0.15) is 19.6 Å². The summed E-state index contributed by atoms with van der Waals surface area (Å²) in [5, 5.41) is 17.6. The first-order valence-corrected chi connectivity index (χ1v) is 9.85. The van der Waals surface area contributed by atoms with E-state index in [4.69, 9.17) is 20.9 Å². The molecule has 2 N–H and O–H groups in total. The molecule has 2 amide bonds. The third kappa shape index (κ3) is 3.83. The van der Waals surface area contributed by atoms with E-state index in [1.807, 2.05) is 12.1 Å². The number of aliphatic hydroxyl groups is 1. The fourth-order valence-electron chi connectivity index (χ4n) is 3.46. The molecule has 9 nitrogen and oxygen atoms in total. The first kappa shape index (κ1) is 20.5. The summed E-state index contributed by atoms with van der Waals surface area (Å²) in [6.07, 6.45) is -1.55. The molecule has 1 fully saturated rings. The minimum Gasteiger partial charge on any atom is -0.380 e. The van der Waals surface area contributed by atoms with Crippen LogP contribution in [-0.2, 0) is 20.9 Å². The zero-order valence-corrected chi connectivity index (χ0v) is 17.2. The number of hydrogen-bond donors (Lipinski definition) is 2. The molecule has 0 radical (unpaired) electrons. The van der Waals surface area contributed by atoms with Gasteiger partial charge in [0.15, 0.2) is 17.9 Å². The van der Waals surface area contributed by atoms with Crippen molar-refractivity contribution in [2.45, 2.75) is 38.1 Å². The van der Waals surface area contributed by atoms with Crippen molar-refractivity contribution in [3.63, 3.8) is 0 Å². The normalized spacial score (nSPS) is 23.0. The van der Waals surface area contributed by atoms with Gasteiger partial charge in [-0.3, -0.25) is 19.5 Å². The third-order valence-electron chi connectivity index (χ3n) is 5.06. The van der Waals surface area contributed by atoms with Crippen LogP contribution in [0.4, 0.5) is 0 Å². The largest absolute Gasteiger partial charge is 0.380 e. The molecule has 2 aromatic rings. The third-order valence-corrected chi connectivity index (χ3v) is 5.31. The molecule has 0 bridgehead atoms. The minimum absolute atomic E-state index is 0.0330. The van der Waals surface area contributed by atoms with Gasteiger partial charge in [0.05, 0.1) is 19.7 Å². The Morgan fingerprint density at radius 1 is 1.37 bits per heavy atom. The molecule has 0 saturated carbocycles. The van der Waals surface area contributed by atoms with E-state index in [2.05, 4.69) is 15.5 Å². The molecule has 2 atom stereocenters. The molecule has 30 heavy (non-hydrogen) atoms. The second kappa shape index (κ2) is 7.82. The number of aliphatic imine (C=N–C) groups is 1. The van der Waals surface area contributed by atoms with Gasteiger partial charge in [-0.2, -0.15) is 0 Å². The molecule has 1 aromatic heterocycles. The van der Waals surface area contributed by atoms with E-state index < -0.39 is 29.6 Å². The summed E-state index contributed by atoms with van der Waals surface area (Å²) in [4.78, 5) is 30.9. The van der Waals surface area contributed by atoms with E-state index in [-0.39, 0.29) is 13.1 Å². The lowest BCUT2D eigenvalue weighted by Crippen LogP contribution is -2.64. The molecule has 0 aliphatic carbocycles. The molecular formula is C20H21ClN4O5. The van der Waals surface area contributed by atoms with Gasteiger partial charge in [-0.05, 0) is 26.0 Å². The number of amides is 2. The van der Waals surface area contributed by atoms with E-state index in [0.29, 0.717) is 28.9 Å². The van der Waals surface area contributed by atoms with Crippen LogP contribution in [0, 0.1) is 0 Å². The number of benzene rings is 1. The molecule has 1 aromatic carbocycles. The Labute approximate surface area is 177 Å². The summed E-state index contributed by atoms with van der Waals surface area (Å²) in [7, 11) is 0. The SMILES string of the molecule is CC1(C)OCCN2C(=O)C(O)C(C(=O)NCc3cc(-c4ccc(Cl)cc4)no3)N=C21. The Bertz CT molecular complexity index is 1000. The average Bonchev–Trinajstić information content (AvgIpc) is 3.18. The second-order valence-corrected chi connectivity index (χ2v) is 8.03. The van der Waals surface area contributed by atoms with Crippen LogP contribution >= 0.6 is 11.6 Å². The van der Waals surface area contributed by atoms with Crippen LogP contribution in [-0.4, -0.2) is 63.7 Å². The van der Waals surface area contributed by atoms with Gasteiger partial charge in [-0.1, -0.05) is 28.9 Å². The average molecular weight is 433 g/mol. The Morgan fingerprint density at radius 3 is 2.83 bits per heavy atom. The Morgan fingerprint density at radius 2 is 2.10 bits per heavy atom. The number of fused-ring (bicyclic) bond motifs is 1. The summed E-state index contributed by atoms with van der Waals surface area (Å²) >= 11 is 5.89. The molecule has 1 saturated heterocycles. The maximum Gasteiger partial charge on any atom is 0.259 e.